The number of ether oxygens (including phenoxy) is 3. The van der Waals surface area contributed by atoms with Crippen LogP contribution in [0, 0.1) is 0 Å². The van der Waals surface area contributed by atoms with Crippen molar-refractivity contribution in [2.75, 3.05) is 39.9 Å². The van der Waals surface area contributed by atoms with Gasteiger partial charge in [0.15, 0.2) is 11.5 Å². The van der Waals surface area contributed by atoms with Gasteiger partial charge in [0.05, 0.1) is 13.2 Å². The van der Waals surface area contributed by atoms with Crippen molar-refractivity contribution in [2.45, 2.75) is 32.9 Å². The van der Waals surface area contributed by atoms with E-state index in [1.54, 1.807) is 7.11 Å². The van der Waals surface area contributed by atoms with E-state index in [1.807, 2.05) is 24.3 Å². The Balaban J connectivity index is 1.46. The molecule has 0 saturated heterocycles. The van der Waals surface area contributed by atoms with Crippen LogP contribution in [0.1, 0.15) is 42.1 Å². The van der Waals surface area contributed by atoms with E-state index in [1.165, 1.54) is 16.7 Å². The number of likely N-dealkylation sites (N-methyl/N-ethyl adjacent to an activating group) is 1. The largest absolute Gasteiger partial charge is 0.493 e. The first kappa shape index (κ1) is 24.1. The number of fused-ring (bicyclic) bond motifs is 1. The van der Waals surface area contributed by atoms with Crippen LogP contribution < -0.4 is 19.5 Å². The van der Waals surface area contributed by atoms with Gasteiger partial charge in [0.25, 0.3) is 0 Å². The third-order valence-corrected chi connectivity index (χ3v) is 6.50. The van der Waals surface area contributed by atoms with E-state index in [4.69, 9.17) is 14.2 Å². The highest BCUT2D eigenvalue weighted by atomic mass is 16.5. The summed E-state index contributed by atoms with van der Waals surface area (Å²) >= 11 is 0. The lowest BCUT2D eigenvalue weighted by Crippen LogP contribution is -2.30. The minimum Gasteiger partial charge on any atom is -0.493 e. The molecule has 180 valence electrons. The number of rotatable bonds is 11. The Hall–Kier alpha value is -3.02. The van der Waals surface area contributed by atoms with Crippen molar-refractivity contribution in [1.82, 2.24) is 10.2 Å². The van der Waals surface area contributed by atoms with Crippen molar-refractivity contribution in [3.8, 4) is 17.2 Å². The van der Waals surface area contributed by atoms with Gasteiger partial charge in [0.1, 0.15) is 19.0 Å². The van der Waals surface area contributed by atoms with Crippen LogP contribution in [-0.4, -0.2) is 44.8 Å². The van der Waals surface area contributed by atoms with E-state index in [0.29, 0.717) is 13.2 Å². The Morgan fingerprint density at radius 2 is 1.74 bits per heavy atom. The molecule has 1 aliphatic heterocycles. The molecule has 34 heavy (non-hydrogen) atoms. The molecule has 1 atom stereocenters. The number of methoxy groups -OCH3 is 1. The first-order chi connectivity index (χ1) is 16.7. The number of nitrogens with one attached hydrogen (secondary N) is 1. The van der Waals surface area contributed by atoms with E-state index < -0.39 is 0 Å². The molecular weight excluding hydrogens is 424 g/mol. The van der Waals surface area contributed by atoms with Crippen LogP contribution in [0.2, 0.25) is 0 Å². The zero-order valence-electron chi connectivity index (χ0n) is 20.5. The molecule has 0 saturated carbocycles. The van der Waals surface area contributed by atoms with Crippen molar-refractivity contribution in [3.63, 3.8) is 0 Å². The summed E-state index contributed by atoms with van der Waals surface area (Å²) in [5.41, 5.74) is 4.93. The van der Waals surface area contributed by atoms with Crippen molar-refractivity contribution in [2.24, 2.45) is 0 Å². The lowest BCUT2D eigenvalue weighted by Gasteiger charge is -2.28. The van der Waals surface area contributed by atoms with E-state index >= 15 is 0 Å². The molecule has 1 aliphatic rings. The Morgan fingerprint density at radius 3 is 2.50 bits per heavy atom. The minimum atomic E-state index is 0.116. The maximum absolute atomic E-state index is 6.06. The quantitative estimate of drug-likeness (QED) is 0.424. The van der Waals surface area contributed by atoms with Crippen molar-refractivity contribution in [1.29, 1.82) is 0 Å². The predicted molar refractivity (Wildman–Crippen MR) is 137 cm³/mol. The van der Waals surface area contributed by atoms with Crippen molar-refractivity contribution >= 4 is 0 Å². The summed E-state index contributed by atoms with van der Waals surface area (Å²) in [4.78, 5) is 2.37. The fraction of sp³-hybridized carbons (Fsp3) is 0.379. The number of hydrogen-bond acceptors (Lipinski definition) is 5. The Bertz CT molecular complexity index is 1050. The molecule has 1 unspecified atom stereocenters. The molecular formula is C29H36N2O3. The second-order valence-electron chi connectivity index (χ2n) is 8.56. The summed E-state index contributed by atoms with van der Waals surface area (Å²) in [6.07, 6.45) is 0.995. The molecule has 0 aromatic heterocycles. The SMILES string of the molecule is CCN(CC)CCOc1ccc2c(c1)CCNC2c1ccc(OCc2ccccc2)c(OC)c1. The summed E-state index contributed by atoms with van der Waals surface area (Å²) in [7, 11) is 1.69. The van der Waals surface area contributed by atoms with Crippen molar-refractivity contribution in [3.05, 3.63) is 89.0 Å². The number of hydrogen-bond donors (Lipinski definition) is 1. The predicted octanol–water partition coefficient (Wildman–Crippen LogP) is 5.23. The molecule has 5 nitrogen and oxygen atoms in total. The summed E-state index contributed by atoms with van der Waals surface area (Å²) in [5.74, 6) is 2.45. The molecule has 0 aliphatic carbocycles. The van der Waals surface area contributed by atoms with Crippen LogP contribution in [-0.2, 0) is 13.0 Å². The van der Waals surface area contributed by atoms with Gasteiger partial charge in [-0.15, -0.1) is 0 Å². The lowest BCUT2D eigenvalue weighted by molar-refractivity contribution is 0.222. The summed E-state index contributed by atoms with van der Waals surface area (Å²) in [6, 6.07) is 23.0. The molecule has 3 aromatic carbocycles. The summed E-state index contributed by atoms with van der Waals surface area (Å²) in [5, 5.41) is 3.67. The van der Waals surface area contributed by atoms with Crippen molar-refractivity contribution < 1.29 is 14.2 Å². The van der Waals surface area contributed by atoms with Gasteiger partial charge in [-0.05, 0) is 66.0 Å². The smallest absolute Gasteiger partial charge is 0.161 e. The number of benzene rings is 3. The van der Waals surface area contributed by atoms with Gasteiger partial charge in [-0.2, -0.15) is 0 Å². The normalized spacial score (nSPS) is 15.1. The van der Waals surface area contributed by atoms with Gasteiger partial charge in [-0.1, -0.05) is 56.3 Å². The van der Waals surface area contributed by atoms with Crippen LogP contribution in [0.3, 0.4) is 0 Å². The van der Waals surface area contributed by atoms with Gasteiger partial charge in [0, 0.05) is 13.1 Å². The monoisotopic (exact) mass is 460 g/mol. The van der Waals surface area contributed by atoms with E-state index in [9.17, 15) is 0 Å². The Kier molecular flexibility index (Phi) is 8.45. The van der Waals surface area contributed by atoms with E-state index in [2.05, 4.69) is 66.5 Å². The van der Waals surface area contributed by atoms with E-state index in [-0.39, 0.29) is 6.04 Å². The maximum atomic E-state index is 6.06. The topological polar surface area (TPSA) is 43.0 Å². The van der Waals surface area contributed by atoms with Crippen LogP contribution in [0.4, 0.5) is 0 Å². The van der Waals surface area contributed by atoms with E-state index in [0.717, 1.165) is 55.4 Å². The van der Waals surface area contributed by atoms with Gasteiger partial charge in [0.2, 0.25) is 0 Å². The summed E-state index contributed by atoms with van der Waals surface area (Å²) in [6.45, 7) is 9.58. The Labute approximate surface area is 203 Å². The maximum Gasteiger partial charge on any atom is 0.161 e. The van der Waals surface area contributed by atoms with Gasteiger partial charge in [-0.25, -0.2) is 0 Å². The standard InChI is InChI=1S/C29H36N2O3/c1-4-31(5-2)17-18-33-25-12-13-26-23(19-25)15-16-30-29(26)24-11-14-27(28(20-24)32-3)34-21-22-9-7-6-8-10-22/h6-14,19-20,29-30H,4-5,15-18,21H2,1-3H3. The molecule has 4 rings (SSSR count). The zero-order valence-corrected chi connectivity index (χ0v) is 20.5. The first-order valence-electron chi connectivity index (χ1n) is 12.3. The van der Waals surface area contributed by atoms with Crippen LogP contribution >= 0.6 is 0 Å². The van der Waals surface area contributed by atoms with Gasteiger partial charge in [-0.3, -0.25) is 0 Å². The zero-order chi connectivity index (χ0) is 23.8. The molecule has 0 spiro atoms. The molecule has 0 radical (unpaired) electrons. The third-order valence-electron chi connectivity index (χ3n) is 6.50. The van der Waals surface area contributed by atoms with Gasteiger partial charge >= 0.3 is 0 Å². The second kappa shape index (κ2) is 11.9. The highest BCUT2D eigenvalue weighted by Crippen LogP contribution is 2.36. The highest BCUT2D eigenvalue weighted by Gasteiger charge is 2.23. The average Bonchev–Trinajstić information content (AvgIpc) is 2.90. The highest BCUT2D eigenvalue weighted by molar-refractivity contribution is 5.49. The molecule has 0 amide bonds. The lowest BCUT2D eigenvalue weighted by atomic mass is 9.89. The van der Waals surface area contributed by atoms with Gasteiger partial charge < -0.3 is 24.4 Å². The molecule has 5 heteroatoms. The van der Waals surface area contributed by atoms with Crippen LogP contribution in [0.5, 0.6) is 17.2 Å². The minimum absolute atomic E-state index is 0.116. The molecule has 1 N–H and O–H groups in total. The molecule has 0 fully saturated rings. The van der Waals surface area contributed by atoms with Crippen LogP contribution in [0.15, 0.2) is 66.7 Å². The Morgan fingerprint density at radius 1 is 0.912 bits per heavy atom. The second-order valence-corrected chi connectivity index (χ2v) is 8.56. The fourth-order valence-electron chi connectivity index (χ4n) is 4.48. The molecule has 3 aromatic rings. The molecule has 0 bridgehead atoms. The first-order valence-corrected chi connectivity index (χ1v) is 12.3. The third kappa shape index (κ3) is 5.91. The average molecular weight is 461 g/mol. The summed E-state index contributed by atoms with van der Waals surface area (Å²) < 4.78 is 17.8. The number of nitrogens with zero attached hydrogens (tertiary/aromatic N) is 1. The fourth-order valence-corrected chi connectivity index (χ4v) is 4.48. The molecule has 1 heterocycles. The van der Waals surface area contributed by atoms with Crippen LogP contribution in [0.25, 0.3) is 0 Å².